The molecule has 152 valence electrons. The van der Waals surface area contributed by atoms with E-state index in [1.165, 1.54) is 27.8 Å². The first-order valence-corrected chi connectivity index (χ1v) is 9.91. The lowest BCUT2D eigenvalue weighted by Gasteiger charge is -2.17. The summed E-state index contributed by atoms with van der Waals surface area (Å²) in [5, 5.41) is 0. The zero-order valence-electron chi connectivity index (χ0n) is 17.5. The van der Waals surface area contributed by atoms with Crippen molar-refractivity contribution in [2.24, 2.45) is 0 Å². The first kappa shape index (κ1) is 22.9. The first-order chi connectivity index (χ1) is 13.7. The van der Waals surface area contributed by atoms with Crippen molar-refractivity contribution in [3.8, 4) is 5.75 Å². The molecule has 0 atom stereocenters. The summed E-state index contributed by atoms with van der Waals surface area (Å²) in [6.45, 7) is 3.83. The molecule has 0 spiro atoms. The Kier molecular flexibility index (Phi) is 9.17. The lowest BCUT2D eigenvalue weighted by Crippen LogP contribution is -2.19. The van der Waals surface area contributed by atoms with Gasteiger partial charge >= 0.3 is 0 Å². The molecule has 0 heterocycles. The summed E-state index contributed by atoms with van der Waals surface area (Å²) >= 11 is 0. The Morgan fingerprint density at radius 3 is 1.76 bits per heavy atom. The van der Waals surface area contributed by atoms with Crippen molar-refractivity contribution in [1.29, 1.82) is 0 Å². The van der Waals surface area contributed by atoms with E-state index < -0.39 is 0 Å². The molecule has 0 saturated heterocycles. The van der Waals surface area contributed by atoms with Crippen molar-refractivity contribution in [3.05, 3.63) is 102 Å². The van der Waals surface area contributed by atoms with Crippen LogP contribution in [0.5, 0.6) is 5.75 Å². The predicted molar refractivity (Wildman–Crippen MR) is 130 cm³/mol. The maximum atomic E-state index is 5.87. The lowest BCUT2D eigenvalue weighted by atomic mass is 9.88. The van der Waals surface area contributed by atoms with Crippen molar-refractivity contribution in [2.45, 2.75) is 13.3 Å². The normalized spacial score (nSPS) is 11.6. The second-order valence-electron chi connectivity index (χ2n) is 7.12. The van der Waals surface area contributed by atoms with Gasteiger partial charge in [-0.05, 0) is 60.5 Å². The van der Waals surface area contributed by atoms with Gasteiger partial charge in [-0.2, -0.15) is 0 Å². The minimum Gasteiger partial charge on any atom is -0.492 e. The molecule has 0 bridgehead atoms. The van der Waals surface area contributed by atoms with Crippen LogP contribution in [0.2, 0.25) is 0 Å². The molecular formula is C26H30BrNO. The third kappa shape index (κ3) is 6.31. The quantitative estimate of drug-likeness (QED) is 0.358. The fraction of sp³-hybridized carbons (Fsp3) is 0.231. The highest BCUT2D eigenvalue weighted by molar-refractivity contribution is 8.93. The van der Waals surface area contributed by atoms with Crippen LogP contribution in [-0.2, 0) is 0 Å². The Labute approximate surface area is 185 Å². The Bertz CT molecular complexity index is 887. The number of hydrogen-bond donors (Lipinski definition) is 0. The molecule has 0 radical (unpaired) electrons. The van der Waals surface area contributed by atoms with E-state index in [1.807, 2.05) is 0 Å². The molecule has 0 N–H and O–H groups in total. The molecule has 3 rings (SSSR count). The van der Waals surface area contributed by atoms with Crippen molar-refractivity contribution in [3.63, 3.8) is 0 Å². The fourth-order valence-electron chi connectivity index (χ4n) is 3.35. The second-order valence-corrected chi connectivity index (χ2v) is 7.12. The summed E-state index contributed by atoms with van der Waals surface area (Å²) in [5.74, 6) is 0.913. The molecule has 0 unspecified atom stereocenters. The molecule has 3 aromatic carbocycles. The summed E-state index contributed by atoms with van der Waals surface area (Å²) in [6, 6.07) is 29.8. The van der Waals surface area contributed by atoms with Crippen molar-refractivity contribution in [2.75, 3.05) is 27.2 Å². The van der Waals surface area contributed by atoms with Gasteiger partial charge in [0.1, 0.15) is 12.4 Å². The molecule has 0 saturated carbocycles. The van der Waals surface area contributed by atoms with Gasteiger partial charge in [-0.3, -0.25) is 0 Å². The summed E-state index contributed by atoms with van der Waals surface area (Å²) < 4.78 is 5.87. The number of ether oxygens (including phenoxy) is 1. The van der Waals surface area contributed by atoms with E-state index in [4.69, 9.17) is 4.74 Å². The second kappa shape index (κ2) is 11.6. The minimum absolute atomic E-state index is 0. The van der Waals surface area contributed by atoms with E-state index in [0.29, 0.717) is 6.61 Å². The molecule has 3 aromatic rings. The van der Waals surface area contributed by atoms with Crippen molar-refractivity contribution < 1.29 is 4.74 Å². The van der Waals surface area contributed by atoms with E-state index in [0.717, 1.165) is 18.7 Å². The summed E-state index contributed by atoms with van der Waals surface area (Å²) in [4.78, 5) is 2.12. The molecule has 0 amide bonds. The van der Waals surface area contributed by atoms with E-state index in [2.05, 4.69) is 111 Å². The zero-order chi connectivity index (χ0) is 19.8. The summed E-state index contributed by atoms with van der Waals surface area (Å²) in [6.07, 6.45) is 0.968. The Hall–Kier alpha value is -2.36. The average molecular weight is 452 g/mol. The molecule has 0 aliphatic heterocycles. The van der Waals surface area contributed by atoms with E-state index in [1.54, 1.807) is 0 Å². The largest absolute Gasteiger partial charge is 0.492 e. The predicted octanol–water partition coefficient (Wildman–Crippen LogP) is 6.57. The van der Waals surface area contributed by atoms with Crippen LogP contribution in [-0.4, -0.2) is 32.1 Å². The minimum atomic E-state index is 0. The van der Waals surface area contributed by atoms with Crippen LogP contribution < -0.4 is 4.74 Å². The Balaban J connectivity index is 0.00000300. The molecule has 0 fully saturated rings. The van der Waals surface area contributed by atoms with E-state index in [9.17, 15) is 0 Å². The van der Waals surface area contributed by atoms with Gasteiger partial charge in [0, 0.05) is 6.54 Å². The molecule has 0 aliphatic rings. The fourth-order valence-corrected chi connectivity index (χ4v) is 3.35. The third-order valence-electron chi connectivity index (χ3n) is 4.79. The lowest BCUT2D eigenvalue weighted by molar-refractivity contribution is 0.261. The van der Waals surface area contributed by atoms with Gasteiger partial charge in [0.25, 0.3) is 0 Å². The smallest absolute Gasteiger partial charge is 0.119 e. The van der Waals surface area contributed by atoms with Crippen LogP contribution in [0.4, 0.5) is 0 Å². The zero-order valence-corrected chi connectivity index (χ0v) is 19.2. The number of hydrogen-bond acceptors (Lipinski definition) is 2. The Morgan fingerprint density at radius 1 is 0.724 bits per heavy atom. The molecule has 2 nitrogen and oxygen atoms in total. The van der Waals surface area contributed by atoms with Gasteiger partial charge in [0.05, 0.1) is 0 Å². The van der Waals surface area contributed by atoms with Gasteiger partial charge in [-0.25, -0.2) is 0 Å². The number of rotatable bonds is 8. The van der Waals surface area contributed by atoms with E-state index in [-0.39, 0.29) is 17.0 Å². The topological polar surface area (TPSA) is 12.5 Å². The van der Waals surface area contributed by atoms with Crippen LogP contribution in [0.3, 0.4) is 0 Å². The van der Waals surface area contributed by atoms with Gasteiger partial charge in [-0.15, -0.1) is 17.0 Å². The SMILES string of the molecule is Br.CCC(=C(c1ccccc1)c1ccc(OCCN(C)C)cc1)c1ccccc1. The first-order valence-electron chi connectivity index (χ1n) is 9.91. The van der Waals surface area contributed by atoms with Crippen LogP contribution in [0.1, 0.15) is 30.0 Å². The highest BCUT2D eigenvalue weighted by Crippen LogP contribution is 2.34. The number of halogens is 1. The maximum Gasteiger partial charge on any atom is 0.119 e. The number of likely N-dealkylation sites (N-methyl/N-ethyl adjacent to an activating group) is 1. The van der Waals surface area contributed by atoms with Crippen molar-refractivity contribution >= 4 is 28.1 Å². The number of benzene rings is 3. The highest BCUT2D eigenvalue weighted by atomic mass is 79.9. The van der Waals surface area contributed by atoms with Crippen LogP contribution in [0.25, 0.3) is 11.1 Å². The van der Waals surface area contributed by atoms with Crippen LogP contribution >= 0.6 is 17.0 Å². The molecule has 29 heavy (non-hydrogen) atoms. The maximum absolute atomic E-state index is 5.87. The summed E-state index contributed by atoms with van der Waals surface area (Å²) in [5.41, 5.74) is 6.37. The molecule has 0 aromatic heterocycles. The molecule has 0 aliphatic carbocycles. The summed E-state index contributed by atoms with van der Waals surface area (Å²) in [7, 11) is 4.11. The standard InChI is InChI=1S/C26H29NO.BrH/c1-4-25(21-11-7-5-8-12-21)26(22-13-9-6-10-14-22)23-15-17-24(18-16-23)28-20-19-27(2)3;/h5-18H,4,19-20H2,1-3H3;1H. The van der Waals surface area contributed by atoms with Gasteiger partial charge < -0.3 is 9.64 Å². The van der Waals surface area contributed by atoms with E-state index >= 15 is 0 Å². The number of nitrogens with zero attached hydrogens (tertiary/aromatic N) is 1. The van der Waals surface area contributed by atoms with Gasteiger partial charge in [0.15, 0.2) is 0 Å². The van der Waals surface area contributed by atoms with Crippen LogP contribution in [0, 0.1) is 0 Å². The highest BCUT2D eigenvalue weighted by Gasteiger charge is 2.12. The van der Waals surface area contributed by atoms with Crippen LogP contribution in [0.15, 0.2) is 84.9 Å². The van der Waals surface area contributed by atoms with Gasteiger partial charge in [0.2, 0.25) is 0 Å². The number of allylic oxidation sites excluding steroid dienone is 1. The molecular weight excluding hydrogens is 422 g/mol. The van der Waals surface area contributed by atoms with Gasteiger partial charge in [-0.1, -0.05) is 79.7 Å². The monoisotopic (exact) mass is 451 g/mol. The molecule has 3 heteroatoms. The third-order valence-corrected chi connectivity index (χ3v) is 4.79. The average Bonchev–Trinajstić information content (AvgIpc) is 2.73. The Morgan fingerprint density at radius 2 is 1.24 bits per heavy atom. The van der Waals surface area contributed by atoms with Crippen molar-refractivity contribution in [1.82, 2.24) is 4.90 Å².